The van der Waals surface area contributed by atoms with E-state index in [2.05, 4.69) is 10.3 Å². The van der Waals surface area contributed by atoms with Crippen LogP contribution in [0.2, 0.25) is 0 Å². The van der Waals surface area contributed by atoms with Crippen molar-refractivity contribution in [2.24, 2.45) is 0 Å². The zero-order valence-electron chi connectivity index (χ0n) is 14.1. The number of anilines is 1. The van der Waals surface area contributed by atoms with Gasteiger partial charge in [0.1, 0.15) is 5.75 Å². The zero-order chi connectivity index (χ0) is 17.6. The number of carbonyl (C=O) groups excluding carboxylic acids is 2. The quantitative estimate of drug-likeness (QED) is 0.877. The van der Waals surface area contributed by atoms with Crippen molar-refractivity contribution in [3.8, 4) is 5.75 Å². The molecule has 3 rings (SSSR count). The summed E-state index contributed by atoms with van der Waals surface area (Å²) in [5.41, 5.74) is 1.74. The summed E-state index contributed by atoms with van der Waals surface area (Å²) in [4.78, 5) is 29.7. The van der Waals surface area contributed by atoms with Crippen LogP contribution >= 0.6 is 0 Å². The predicted molar refractivity (Wildman–Crippen MR) is 94.3 cm³/mol. The lowest BCUT2D eigenvalue weighted by Crippen LogP contribution is -2.31. The highest BCUT2D eigenvalue weighted by molar-refractivity contribution is 5.95. The summed E-state index contributed by atoms with van der Waals surface area (Å²) in [5.74, 6) is 0.487. The van der Waals surface area contributed by atoms with Gasteiger partial charge in [-0.25, -0.2) is 0 Å². The van der Waals surface area contributed by atoms with Crippen LogP contribution in [0.4, 0.5) is 5.69 Å². The minimum atomic E-state index is -0.209. The van der Waals surface area contributed by atoms with Gasteiger partial charge in [-0.2, -0.15) is 0 Å². The van der Waals surface area contributed by atoms with E-state index in [1.165, 1.54) is 0 Å². The molecule has 1 unspecified atom stereocenters. The molecular weight excluding hydrogens is 318 g/mol. The van der Waals surface area contributed by atoms with E-state index in [4.69, 9.17) is 4.74 Å². The number of ether oxygens (including phenoxy) is 1. The Hall–Kier alpha value is -2.89. The Bertz CT molecular complexity index is 749. The first-order valence-electron chi connectivity index (χ1n) is 8.36. The Morgan fingerprint density at radius 3 is 2.96 bits per heavy atom. The molecule has 1 aromatic heterocycles. The second-order valence-electron chi connectivity index (χ2n) is 6.01. The van der Waals surface area contributed by atoms with E-state index in [1.54, 1.807) is 29.4 Å². The summed E-state index contributed by atoms with van der Waals surface area (Å²) < 4.78 is 5.57. The molecule has 1 saturated heterocycles. The van der Waals surface area contributed by atoms with Crippen molar-refractivity contribution in [3.05, 3.63) is 54.4 Å². The van der Waals surface area contributed by atoms with Gasteiger partial charge >= 0.3 is 0 Å². The molecule has 2 heterocycles. The molecule has 0 radical (unpaired) electrons. The molecule has 0 aliphatic carbocycles. The number of nitrogens with zero attached hydrogens (tertiary/aromatic N) is 2. The number of hydrogen-bond donors (Lipinski definition) is 1. The Morgan fingerprint density at radius 2 is 2.24 bits per heavy atom. The van der Waals surface area contributed by atoms with E-state index >= 15 is 0 Å². The van der Waals surface area contributed by atoms with Gasteiger partial charge in [-0.1, -0.05) is 12.1 Å². The van der Waals surface area contributed by atoms with Crippen LogP contribution < -0.4 is 15.0 Å². The van der Waals surface area contributed by atoms with Gasteiger partial charge in [0.15, 0.2) is 6.61 Å². The molecule has 1 aromatic carbocycles. The van der Waals surface area contributed by atoms with Crippen LogP contribution in [0.25, 0.3) is 0 Å². The van der Waals surface area contributed by atoms with Crippen LogP contribution in [-0.2, 0) is 9.59 Å². The number of benzene rings is 1. The smallest absolute Gasteiger partial charge is 0.258 e. The van der Waals surface area contributed by atoms with Crippen LogP contribution in [0, 0.1) is 0 Å². The lowest BCUT2D eigenvalue weighted by atomic mass is 10.1. The van der Waals surface area contributed by atoms with Crippen LogP contribution in [0.15, 0.2) is 48.8 Å². The maximum Gasteiger partial charge on any atom is 0.258 e. The third kappa shape index (κ3) is 4.35. The van der Waals surface area contributed by atoms with Crippen molar-refractivity contribution >= 4 is 17.5 Å². The molecule has 1 atom stereocenters. The van der Waals surface area contributed by atoms with E-state index in [1.807, 2.05) is 31.2 Å². The number of rotatable bonds is 6. The normalized spacial score (nSPS) is 15.1. The predicted octanol–water partition coefficient (Wildman–Crippen LogP) is 2.46. The van der Waals surface area contributed by atoms with Gasteiger partial charge in [-0.3, -0.25) is 14.6 Å². The Balaban J connectivity index is 1.54. The van der Waals surface area contributed by atoms with Crippen molar-refractivity contribution in [2.45, 2.75) is 25.8 Å². The summed E-state index contributed by atoms with van der Waals surface area (Å²) in [6.07, 6.45) is 4.87. The maximum absolute atomic E-state index is 12.1. The summed E-state index contributed by atoms with van der Waals surface area (Å²) in [6.45, 7) is 2.54. The lowest BCUT2D eigenvalue weighted by molar-refractivity contribution is -0.123. The van der Waals surface area contributed by atoms with Gasteiger partial charge in [0.2, 0.25) is 5.91 Å². The van der Waals surface area contributed by atoms with E-state index in [0.717, 1.165) is 24.2 Å². The minimum Gasteiger partial charge on any atom is -0.484 e. The molecule has 1 N–H and O–H groups in total. The first-order chi connectivity index (χ1) is 12.1. The monoisotopic (exact) mass is 339 g/mol. The average Bonchev–Trinajstić information content (AvgIpc) is 3.07. The van der Waals surface area contributed by atoms with Gasteiger partial charge in [0, 0.05) is 37.1 Å². The number of amides is 2. The minimum absolute atomic E-state index is 0.0813. The molecule has 130 valence electrons. The lowest BCUT2D eigenvalue weighted by Gasteiger charge is -2.17. The highest BCUT2D eigenvalue weighted by Gasteiger charge is 2.21. The van der Waals surface area contributed by atoms with Crippen molar-refractivity contribution in [3.63, 3.8) is 0 Å². The van der Waals surface area contributed by atoms with Crippen LogP contribution in [0.5, 0.6) is 5.75 Å². The largest absolute Gasteiger partial charge is 0.484 e. The number of carbonyl (C=O) groups is 2. The molecule has 2 amide bonds. The third-order valence-electron chi connectivity index (χ3n) is 4.13. The van der Waals surface area contributed by atoms with Crippen molar-refractivity contribution in [1.82, 2.24) is 10.3 Å². The fourth-order valence-electron chi connectivity index (χ4n) is 2.81. The highest BCUT2D eigenvalue weighted by Crippen LogP contribution is 2.25. The molecule has 1 aliphatic rings. The topological polar surface area (TPSA) is 71.5 Å². The first kappa shape index (κ1) is 17.0. The summed E-state index contributed by atoms with van der Waals surface area (Å²) in [7, 11) is 0. The van der Waals surface area contributed by atoms with Crippen LogP contribution in [0.1, 0.15) is 31.4 Å². The van der Waals surface area contributed by atoms with Gasteiger partial charge in [0.25, 0.3) is 5.91 Å². The second-order valence-corrected chi connectivity index (χ2v) is 6.01. The molecule has 1 fully saturated rings. The molecule has 25 heavy (non-hydrogen) atoms. The number of nitrogens with one attached hydrogen (secondary N) is 1. The van der Waals surface area contributed by atoms with Gasteiger partial charge in [0.05, 0.1) is 6.04 Å². The van der Waals surface area contributed by atoms with Crippen LogP contribution in [0.3, 0.4) is 0 Å². The molecule has 2 aromatic rings. The van der Waals surface area contributed by atoms with E-state index in [9.17, 15) is 9.59 Å². The first-order valence-corrected chi connectivity index (χ1v) is 8.36. The Kier molecular flexibility index (Phi) is 5.28. The molecule has 1 aliphatic heterocycles. The van der Waals surface area contributed by atoms with Gasteiger partial charge in [-0.05, 0) is 37.1 Å². The van der Waals surface area contributed by atoms with Crippen molar-refractivity contribution in [1.29, 1.82) is 0 Å². The van der Waals surface area contributed by atoms with Gasteiger partial charge in [-0.15, -0.1) is 0 Å². The number of pyridine rings is 1. The third-order valence-corrected chi connectivity index (χ3v) is 4.13. The molecule has 0 spiro atoms. The molecule has 0 bridgehead atoms. The van der Waals surface area contributed by atoms with Gasteiger partial charge < -0.3 is 15.0 Å². The summed E-state index contributed by atoms with van der Waals surface area (Å²) in [5, 5.41) is 2.87. The Morgan fingerprint density at radius 1 is 1.36 bits per heavy atom. The Labute approximate surface area is 146 Å². The summed E-state index contributed by atoms with van der Waals surface area (Å²) in [6, 6.07) is 10.9. The second kappa shape index (κ2) is 7.79. The van der Waals surface area contributed by atoms with E-state index in [-0.39, 0.29) is 24.5 Å². The van der Waals surface area contributed by atoms with Crippen molar-refractivity contribution < 1.29 is 14.3 Å². The van der Waals surface area contributed by atoms with E-state index < -0.39 is 0 Å². The summed E-state index contributed by atoms with van der Waals surface area (Å²) >= 11 is 0. The standard InChI is InChI=1S/C19H21N3O3/c1-14(15-5-3-9-20-12-15)21-18(23)13-25-17-7-2-6-16(11-17)22-10-4-8-19(22)24/h2-3,5-7,9,11-12,14H,4,8,10,13H2,1H3,(H,21,23). The fraction of sp³-hybridized carbons (Fsp3) is 0.316. The molecule has 6 nitrogen and oxygen atoms in total. The zero-order valence-corrected chi connectivity index (χ0v) is 14.1. The SMILES string of the molecule is CC(NC(=O)COc1cccc(N2CCCC2=O)c1)c1cccnc1. The van der Waals surface area contributed by atoms with Crippen LogP contribution in [-0.4, -0.2) is 29.9 Å². The number of hydrogen-bond acceptors (Lipinski definition) is 4. The average molecular weight is 339 g/mol. The fourth-order valence-corrected chi connectivity index (χ4v) is 2.81. The highest BCUT2D eigenvalue weighted by atomic mass is 16.5. The number of aromatic nitrogens is 1. The molecule has 0 saturated carbocycles. The molecular formula is C19H21N3O3. The maximum atomic E-state index is 12.1. The molecule has 6 heteroatoms. The van der Waals surface area contributed by atoms with Crippen molar-refractivity contribution in [2.75, 3.05) is 18.1 Å². The van der Waals surface area contributed by atoms with E-state index in [0.29, 0.717) is 12.2 Å².